The molecule has 14 heterocycles. The molecule has 28 N–H and O–H groups in total. The summed E-state index contributed by atoms with van der Waals surface area (Å²) in [6, 6.07) is 30.2. The highest BCUT2D eigenvalue weighted by Crippen LogP contribution is 2.35. The van der Waals surface area contributed by atoms with Gasteiger partial charge in [-0.25, -0.2) is 62.8 Å². The number of carbonyl (C=O) groups is 9. The van der Waals surface area contributed by atoms with Gasteiger partial charge in [-0.1, -0.05) is 107 Å². The van der Waals surface area contributed by atoms with Crippen LogP contribution in [0.4, 0.5) is 57.0 Å². The van der Waals surface area contributed by atoms with Crippen LogP contribution in [0, 0.1) is 0 Å². The molecular formula is C92H110Cl4N38O12S2. The molecule has 18 rings (SSSR count). The summed E-state index contributed by atoms with van der Waals surface area (Å²) in [7, 11) is -3.78. The number of urea groups is 1. The maximum Gasteiger partial charge on any atom is 0.319 e. The van der Waals surface area contributed by atoms with E-state index < -0.39 is 39.2 Å². The normalized spacial score (nSPS) is 16.5. The fraction of sp³-hybridized carbons (Fsp3) is 0.380. The van der Waals surface area contributed by atoms with Crippen LogP contribution in [0.2, 0.25) is 20.6 Å². The number of sulfonamides is 1. The van der Waals surface area contributed by atoms with Crippen molar-refractivity contribution in [2.75, 3.05) is 143 Å². The third-order valence-corrected chi connectivity index (χ3v) is 28.9. The zero-order valence-electron chi connectivity index (χ0n) is 80.6. The van der Waals surface area contributed by atoms with Crippen molar-refractivity contribution in [3.63, 3.8) is 0 Å². The number of thiophene rings is 1. The predicted octanol–water partition coefficient (Wildman–Crippen LogP) is 4.11. The first kappa shape index (κ1) is 107. The van der Waals surface area contributed by atoms with Crippen molar-refractivity contribution < 1.29 is 56.3 Å². The van der Waals surface area contributed by atoms with E-state index in [0.717, 1.165) is 29.4 Å². The van der Waals surface area contributed by atoms with Crippen LogP contribution in [0.3, 0.4) is 0 Å². The second kappa shape index (κ2) is 46.2. The largest absolute Gasteiger partial charge is 0.382 e. The van der Waals surface area contributed by atoms with Gasteiger partial charge in [0.1, 0.15) is 5.82 Å². The monoisotopic (exact) mass is 2140 g/mol. The van der Waals surface area contributed by atoms with E-state index in [4.69, 9.17) is 97.0 Å². The second-order valence-electron chi connectivity index (χ2n) is 36.6. The number of aromatic nitrogens is 11. The number of hydrogen-bond donors (Lipinski definition) is 20. The molecule has 4 saturated heterocycles. The summed E-state index contributed by atoms with van der Waals surface area (Å²) < 4.78 is 34.7. The van der Waals surface area contributed by atoms with Gasteiger partial charge in [0.05, 0.1) is 72.2 Å². The van der Waals surface area contributed by atoms with Crippen LogP contribution in [0.1, 0.15) is 160 Å². The number of hydrogen-bond acceptors (Lipinski definition) is 39. The molecule has 4 spiro atoms. The lowest BCUT2D eigenvalue weighted by Crippen LogP contribution is -2.57. The molecule has 0 atom stereocenters. The minimum Gasteiger partial charge on any atom is -0.382 e. The first-order valence-corrected chi connectivity index (χ1v) is 50.8. The standard InChI is InChI=1S/C25H34ClN9O5S.C23H29ClN10O3.C22H24ClN11O2.C22H23ClN8O2S/c1-15(2)40-12-4-9-30-41(38,39)17-6-3-5-16(13-17)23(37)35-10-7-25(8-11-35)14-29-24(34-25)33-22(36)18-20(27)32-21(28)19(26)31-18;1-12(2)28-22(37)29-14-5-3-4-13(10-14)20(36)34-8-6-23(7-9-34)11-27-21(33-23)32-19(35)15-17(25)31-18(26)16(24)30-15;23-16-18(25)29-17(24)15(28-16)20(36)30-21-26-11-22(31-21)6-8-34(9-7-22)14(35)10-13-27-19(33-32-13)12-4-2-1-3-5-12;23-17-19(25)28-18(24)16(27-17)20(33)29-21-26-11-22(30-21)5-7-31(8-6-22)15(32)9-12-10-34-14-4-2-1-3-13(12)14/h3,5-6,13,15,30H,4,7-12,14H2,1-2H3,(H4,27,28,32)(H2,29,33,34,36);3-5,10,12H,6-9,11H2,1-2H3,(H4,25,26,31)(H2,28,29,37)(H2,27,32,33,35);1-5H,6-11H2,(H4,24,25,29)(H,27,32,33)(H2,26,30,31,36);1-4,10H,5-9,11H2,(H4,24,25,28)(H2,26,29,30,33). The topological polar surface area (TPSA) is 745 Å². The van der Waals surface area contributed by atoms with Gasteiger partial charge in [0, 0.05) is 98.6 Å². The van der Waals surface area contributed by atoms with Gasteiger partial charge in [-0.2, -0.15) is 5.10 Å². The third-order valence-electron chi connectivity index (χ3n) is 25.3. The van der Waals surface area contributed by atoms with E-state index in [2.05, 4.69) is 150 Å². The second-order valence-corrected chi connectivity index (χ2v) is 40.7. The average molecular weight is 2150 g/mol. The van der Waals surface area contributed by atoms with Crippen LogP contribution in [-0.4, -0.2) is 286 Å². The number of likely N-dealkylation sites (tertiary alicyclic amines) is 4. The van der Waals surface area contributed by atoms with Crippen molar-refractivity contribution >= 4 is 207 Å². The van der Waals surface area contributed by atoms with Gasteiger partial charge in [0.25, 0.3) is 35.4 Å². The molecule has 0 unspecified atom stereocenters. The number of nitrogens with one attached hydrogen (secondary N) is 12. The first-order valence-electron chi connectivity index (χ1n) is 46.9. The predicted molar refractivity (Wildman–Crippen MR) is 560 cm³/mol. The maximum atomic E-state index is 13.2. The number of ether oxygens (including phenoxy) is 1. The Hall–Kier alpha value is -15.4. The summed E-state index contributed by atoms with van der Waals surface area (Å²) >= 11 is 25.1. The number of nitrogens with two attached hydrogens (primary N) is 8. The molecule has 10 aromatic rings. The number of guanidine groups is 4. The molecule has 0 aliphatic carbocycles. The van der Waals surface area contributed by atoms with E-state index in [9.17, 15) is 51.6 Å². The highest BCUT2D eigenvalue weighted by atomic mass is 35.5. The first-order chi connectivity index (χ1) is 70.6. The molecule has 0 radical (unpaired) electrons. The molecule has 4 aromatic carbocycles. The van der Waals surface area contributed by atoms with Crippen LogP contribution in [-0.2, 0) is 37.2 Å². The summed E-state index contributed by atoms with van der Waals surface area (Å²) in [5.41, 5.74) is 46.5. The fourth-order valence-electron chi connectivity index (χ4n) is 17.2. The number of nitrogen functional groups attached to an aromatic ring is 8. The van der Waals surface area contributed by atoms with Crippen LogP contribution in [0.25, 0.3) is 21.5 Å². The number of carbonyl (C=O) groups excluding carboxylic acids is 9. The third kappa shape index (κ3) is 26.4. The number of H-pyrrole nitrogens is 1. The Morgan fingerprint density at radius 3 is 1.24 bits per heavy atom. The van der Waals surface area contributed by atoms with Crippen molar-refractivity contribution in [3.05, 3.63) is 174 Å². The van der Waals surface area contributed by atoms with Crippen molar-refractivity contribution in [1.29, 1.82) is 0 Å². The Labute approximate surface area is 871 Å². The number of rotatable bonds is 20. The van der Waals surface area contributed by atoms with E-state index in [1.54, 1.807) is 62.4 Å². The molecule has 8 aliphatic rings. The van der Waals surface area contributed by atoms with E-state index in [0.29, 0.717) is 171 Å². The van der Waals surface area contributed by atoms with Crippen LogP contribution in [0.5, 0.6) is 0 Å². The lowest BCUT2D eigenvalue weighted by Gasteiger charge is -2.39. The number of anilines is 9. The number of benzene rings is 4. The number of nitrogens with zero attached hydrogens (tertiary/aromatic N) is 18. The molecule has 148 heavy (non-hydrogen) atoms. The van der Waals surface area contributed by atoms with Crippen molar-refractivity contribution in [2.45, 2.75) is 138 Å². The highest BCUT2D eigenvalue weighted by Gasteiger charge is 2.46. The Bertz CT molecular complexity index is 6980. The molecular weight excluding hydrogens is 2040 g/mol. The average Bonchev–Trinajstić information content (AvgIpc) is 1.69. The summed E-state index contributed by atoms with van der Waals surface area (Å²) in [5, 5.41) is 39.1. The number of piperidine rings is 4. The quantitative estimate of drug-likeness (QED) is 0.0477. The number of aliphatic imine (C=N–C) groups is 4. The molecule has 780 valence electrons. The minimum absolute atomic E-state index is 0.00416. The van der Waals surface area contributed by atoms with Crippen molar-refractivity contribution in [2.24, 2.45) is 20.0 Å². The number of halogens is 4. The van der Waals surface area contributed by atoms with E-state index in [1.165, 1.54) is 16.8 Å². The van der Waals surface area contributed by atoms with Gasteiger partial charge in [-0.05, 0) is 144 Å². The Morgan fingerprint density at radius 1 is 0.446 bits per heavy atom. The van der Waals surface area contributed by atoms with Gasteiger partial charge < -0.3 is 102 Å². The molecule has 6 aromatic heterocycles. The molecule has 50 nitrogen and oxygen atoms in total. The molecule has 10 amide bonds. The molecule has 0 saturated carbocycles. The summed E-state index contributed by atoms with van der Waals surface area (Å²) in [5.74, 6) is -1.21. The van der Waals surface area contributed by atoms with Crippen LogP contribution in [0.15, 0.2) is 133 Å². The summed E-state index contributed by atoms with van der Waals surface area (Å²) in [6.07, 6.45) is 6.33. The van der Waals surface area contributed by atoms with Gasteiger partial charge >= 0.3 is 6.03 Å². The lowest BCUT2D eigenvalue weighted by atomic mass is 9.88. The minimum atomic E-state index is -3.78. The van der Waals surface area contributed by atoms with E-state index in [1.807, 2.05) is 75.1 Å². The smallest absolute Gasteiger partial charge is 0.319 e. The Morgan fingerprint density at radius 2 is 0.831 bits per heavy atom. The van der Waals surface area contributed by atoms with Crippen LogP contribution < -0.4 is 104 Å². The van der Waals surface area contributed by atoms with E-state index in [-0.39, 0.29) is 184 Å². The molecule has 8 aliphatic heterocycles. The Kier molecular flexibility index (Phi) is 33.3. The Balaban J connectivity index is 0.000000148. The van der Waals surface area contributed by atoms with Gasteiger partial charge in [0.2, 0.25) is 21.8 Å². The lowest BCUT2D eigenvalue weighted by molar-refractivity contribution is -0.132. The summed E-state index contributed by atoms with van der Waals surface area (Å²) in [6.45, 7) is 14.2. The van der Waals surface area contributed by atoms with E-state index >= 15 is 0 Å². The zero-order valence-corrected chi connectivity index (χ0v) is 85.3. The number of amides is 10. The van der Waals surface area contributed by atoms with Gasteiger partial charge in [0.15, 0.2) is 120 Å². The van der Waals surface area contributed by atoms with Crippen molar-refractivity contribution in [3.8, 4) is 11.4 Å². The van der Waals surface area contributed by atoms with Gasteiger partial charge in [-0.3, -0.25) is 84.7 Å². The van der Waals surface area contributed by atoms with Crippen LogP contribution >= 0.6 is 57.7 Å². The van der Waals surface area contributed by atoms with Gasteiger partial charge in [-0.15, -0.1) is 11.3 Å². The number of fused-ring (bicyclic) bond motifs is 1. The maximum absolute atomic E-state index is 13.2. The SMILES string of the molecule is CC(C)NC(=O)Nc1cccc(C(=O)N2CCC3(CC2)CN=C(NC(=O)c2nc(Cl)c(N)nc2N)N3)c1.CC(C)OCCCNS(=O)(=O)c1cccc(C(=O)N2CCC3(CC2)CN=C(NC(=O)c2nc(Cl)c(N)nc2N)N3)c1.Nc1nc(N)c(C(=O)NC2=NCC3(CCN(C(=O)Cc4csc5ccccc45)CC3)N2)nc1Cl.Nc1nc(N)c(C(=O)NC2=NCC3(CCN(C(=O)Cc4nc(-c5ccccc5)n[nH]4)CC3)N2)nc1Cl. The zero-order chi connectivity index (χ0) is 106. The highest BCUT2D eigenvalue weighted by molar-refractivity contribution is 7.89. The summed E-state index contributed by atoms with van der Waals surface area (Å²) in [4.78, 5) is 175. The molecule has 4 fully saturated rings. The number of aromatic amines is 1. The molecule has 0 bridgehead atoms. The van der Waals surface area contributed by atoms with Crippen molar-refractivity contribution in [1.82, 2.24) is 127 Å². The fourth-order valence-corrected chi connectivity index (χ4v) is 19.8. The molecule has 56 heteroatoms.